The molecule has 21 heavy (non-hydrogen) atoms. The second kappa shape index (κ2) is 5.36. The van der Waals surface area contributed by atoms with E-state index in [1.807, 2.05) is 43.3 Å². The van der Waals surface area contributed by atoms with Gasteiger partial charge in [0.1, 0.15) is 10.8 Å². The summed E-state index contributed by atoms with van der Waals surface area (Å²) in [5.41, 5.74) is 2.52. The number of ketones is 1. The lowest BCUT2D eigenvalue weighted by Gasteiger charge is -2.17. The maximum atomic E-state index is 12.6. The molecule has 0 radical (unpaired) electrons. The molecule has 1 aliphatic rings. The number of ether oxygens (including phenoxy) is 1. The van der Waals surface area contributed by atoms with E-state index >= 15 is 0 Å². The van der Waals surface area contributed by atoms with Crippen LogP contribution in [0.3, 0.4) is 0 Å². The van der Waals surface area contributed by atoms with Gasteiger partial charge in [0.2, 0.25) is 0 Å². The van der Waals surface area contributed by atoms with Crippen molar-refractivity contribution in [2.45, 2.75) is 12.8 Å². The monoisotopic (exact) mass is 320 g/mol. The molecule has 0 fully saturated rings. The number of halogens is 2. The van der Waals surface area contributed by atoms with Crippen molar-refractivity contribution in [2.24, 2.45) is 5.92 Å². The normalized spacial score (nSPS) is 20.5. The number of carbonyl (C=O) groups excluding carboxylic acids is 1. The zero-order chi connectivity index (χ0) is 15.1. The molecule has 1 aliphatic carbocycles. The van der Waals surface area contributed by atoms with Gasteiger partial charge in [-0.05, 0) is 17.2 Å². The van der Waals surface area contributed by atoms with Crippen molar-refractivity contribution in [1.82, 2.24) is 0 Å². The van der Waals surface area contributed by atoms with Crippen molar-refractivity contribution < 1.29 is 9.53 Å². The maximum Gasteiger partial charge on any atom is 0.168 e. The number of Topliss-reactive ketones (excluding diaryl/α,β-unsaturated/α-hetero) is 1. The van der Waals surface area contributed by atoms with Gasteiger partial charge in [-0.1, -0.05) is 60.5 Å². The molecule has 0 aromatic heterocycles. The Bertz CT molecular complexity index is 710. The molecule has 0 heterocycles. The Morgan fingerprint density at radius 3 is 2.38 bits per heavy atom. The number of benzene rings is 2. The lowest BCUT2D eigenvalue weighted by molar-refractivity contribution is 0.0939. The average molecular weight is 321 g/mol. The predicted molar refractivity (Wildman–Crippen MR) is 84.8 cm³/mol. The van der Waals surface area contributed by atoms with Crippen molar-refractivity contribution in [3.8, 4) is 5.75 Å². The van der Waals surface area contributed by atoms with Crippen LogP contribution in [0.2, 0.25) is 10.0 Å². The molecule has 2 aromatic rings. The Kier molecular flexibility index (Phi) is 3.68. The lowest BCUT2D eigenvalue weighted by atomic mass is 9.87. The fourth-order valence-corrected chi connectivity index (χ4v) is 3.56. The van der Waals surface area contributed by atoms with Gasteiger partial charge < -0.3 is 4.74 Å². The van der Waals surface area contributed by atoms with Crippen LogP contribution in [0.5, 0.6) is 5.75 Å². The van der Waals surface area contributed by atoms with Gasteiger partial charge in [0.05, 0.1) is 12.1 Å². The second-order valence-electron chi connectivity index (χ2n) is 5.21. The highest BCUT2D eigenvalue weighted by molar-refractivity contribution is 6.45. The largest absolute Gasteiger partial charge is 0.495 e. The number of rotatable bonds is 2. The fourth-order valence-electron chi connectivity index (χ4n) is 3.04. The van der Waals surface area contributed by atoms with E-state index in [1.54, 1.807) is 7.11 Å². The molecule has 3 rings (SSSR count). The Balaban J connectivity index is 2.25. The van der Waals surface area contributed by atoms with E-state index in [0.29, 0.717) is 21.4 Å². The second-order valence-corrected chi connectivity index (χ2v) is 5.97. The van der Waals surface area contributed by atoms with Crippen LogP contribution >= 0.6 is 23.2 Å². The molecule has 2 nitrogen and oxygen atoms in total. The molecular formula is C17H14Cl2O2. The van der Waals surface area contributed by atoms with Crippen molar-refractivity contribution in [3.63, 3.8) is 0 Å². The molecule has 0 saturated heterocycles. The summed E-state index contributed by atoms with van der Waals surface area (Å²) in [4.78, 5) is 12.6. The highest BCUT2D eigenvalue weighted by atomic mass is 35.5. The molecule has 2 aromatic carbocycles. The summed E-state index contributed by atoms with van der Waals surface area (Å²) in [6, 6.07) is 11.8. The van der Waals surface area contributed by atoms with Crippen molar-refractivity contribution >= 4 is 29.0 Å². The number of hydrogen-bond donors (Lipinski definition) is 0. The van der Waals surface area contributed by atoms with Crippen LogP contribution in [0.4, 0.5) is 0 Å². The van der Waals surface area contributed by atoms with E-state index in [0.717, 1.165) is 11.1 Å². The standard InChI is InChI=1S/C17H14Cl2O2/c1-9-13(10-6-4-3-5-7-10)11-8-12(21-2)15(18)16(19)14(11)17(9)20/h3-9,13H,1-2H3/t9-,13+/m0/s1. The molecule has 0 bridgehead atoms. The van der Waals surface area contributed by atoms with Gasteiger partial charge in [0.25, 0.3) is 0 Å². The minimum absolute atomic E-state index is 0.0163. The highest BCUT2D eigenvalue weighted by Gasteiger charge is 2.40. The summed E-state index contributed by atoms with van der Waals surface area (Å²) >= 11 is 12.5. The SMILES string of the molecule is COc1cc2c(c(Cl)c1Cl)C(=O)[C@@H](C)[C@@H]2c1ccccc1. The van der Waals surface area contributed by atoms with Gasteiger partial charge in [-0.2, -0.15) is 0 Å². The van der Waals surface area contributed by atoms with Crippen molar-refractivity contribution in [1.29, 1.82) is 0 Å². The molecule has 0 aliphatic heterocycles. The Morgan fingerprint density at radius 1 is 1.10 bits per heavy atom. The number of methoxy groups -OCH3 is 1. The molecule has 0 amide bonds. The summed E-state index contributed by atoms with van der Waals surface area (Å²) in [7, 11) is 1.54. The van der Waals surface area contributed by atoms with Crippen LogP contribution in [-0.2, 0) is 0 Å². The van der Waals surface area contributed by atoms with E-state index < -0.39 is 0 Å². The van der Waals surface area contributed by atoms with Crippen LogP contribution in [0.1, 0.15) is 34.3 Å². The Labute approximate surface area is 133 Å². The van der Waals surface area contributed by atoms with Crippen LogP contribution in [0, 0.1) is 5.92 Å². The van der Waals surface area contributed by atoms with Gasteiger partial charge in [-0.25, -0.2) is 0 Å². The van der Waals surface area contributed by atoms with Crippen LogP contribution in [0.25, 0.3) is 0 Å². The first-order valence-corrected chi connectivity index (χ1v) is 7.47. The highest BCUT2D eigenvalue weighted by Crippen LogP contribution is 2.49. The summed E-state index contributed by atoms with van der Waals surface area (Å²) < 4.78 is 5.28. The van der Waals surface area contributed by atoms with E-state index in [9.17, 15) is 4.79 Å². The average Bonchev–Trinajstić information content (AvgIpc) is 2.75. The quantitative estimate of drug-likeness (QED) is 0.781. The van der Waals surface area contributed by atoms with Gasteiger partial charge in [0, 0.05) is 17.4 Å². The Morgan fingerprint density at radius 2 is 1.76 bits per heavy atom. The van der Waals surface area contributed by atoms with Crippen LogP contribution in [-0.4, -0.2) is 12.9 Å². The van der Waals surface area contributed by atoms with Crippen LogP contribution in [0.15, 0.2) is 36.4 Å². The van der Waals surface area contributed by atoms with E-state index in [4.69, 9.17) is 27.9 Å². The van der Waals surface area contributed by atoms with E-state index in [1.165, 1.54) is 0 Å². The summed E-state index contributed by atoms with van der Waals surface area (Å²) in [5.74, 6) is 0.358. The van der Waals surface area contributed by atoms with Crippen LogP contribution < -0.4 is 4.74 Å². The third kappa shape index (κ3) is 2.14. The van der Waals surface area contributed by atoms with E-state index in [-0.39, 0.29) is 17.6 Å². The van der Waals surface area contributed by atoms with Gasteiger partial charge >= 0.3 is 0 Å². The summed E-state index contributed by atoms with van der Waals surface area (Å²) in [6.07, 6.45) is 0. The third-order valence-corrected chi connectivity index (χ3v) is 4.93. The molecular weight excluding hydrogens is 307 g/mol. The molecule has 0 unspecified atom stereocenters. The molecule has 4 heteroatoms. The summed E-state index contributed by atoms with van der Waals surface area (Å²) in [5, 5.41) is 0.591. The van der Waals surface area contributed by atoms with Crippen molar-refractivity contribution in [3.05, 3.63) is 63.1 Å². The topological polar surface area (TPSA) is 26.3 Å². The predicted octanol–water partition coefficient (Wildman–Crippen LogP) is 4.97. The lowest BCUT2D eigenvalue weighted by Crippen LogP contribution is -2.10. The molecule has 0 saturated carbocycles. The minimum Gasteiger partial charge on any atom is -0.495 e. The maximum absolute atomic E-state index is 12.6. The zero-order valence-electron chi connectivity index (χ0n) is 11.7. The fraction of sp³-hybridized carbons (Fsp3) is 0.235. The van der Waals surface area contributed by atoms with Gasteiger partial charge in [-0.15, -0.1) is 0 Å². The number of carbonyl (C=O) groups is 1. The van der Waals surface area contributed by atoms with E-state index in [2.05, 4.69) is 0 Å². The zero-order valence-corrected chi connectivity index (χ0v) is 13.2. The first kappa shape index (κ1) is 14.4. The number of fused-ring (bicyclic) bond motifs is 1. The molecule has 0 N–H and O–H groups in total. The molecule has 108 valence electrons. The minimum atomic E-state index is -0.164. The third-order valence-electron chi connectivity index (χ3n) is 4.08. The number of hydrogen-bond acceptors (Lipinski definition) is 2. The van der Waals surface area contributed by atoms with Gasteiger partial charge in [-0.3, -0.25) is 4.79 Å². The first-order chi connectivity index (χ1) is 10.1. The Hall–Kier alpha value is -1.51. The summed E-state index contributed by atoms with van der Waals surface area (Å²) in [6.45, 7) is 1.93. The molecule has 0 spiro atoms. The van der Waals surface area contributed by atoms with Gasteiger partial charge in [0.15, 0.2) is 5.78 Å². The first-order valence-electron chi connectivity index (χ1n) is 6.71. The smallest absolute Gasteiger partial charge is 0.168 e. The molecule has 2 atom stereocenters. The van der Waals surface area contributed by atoms with Crippen molar-refractivity contribution in [2.75, 3.05) is 7.11 Å².